The van der Waals surface area contributed by atoms with E-state index in [-0.39, 0.29) is 0 Å². The Hall–Kier alpha value is 0.0569. The molecule has 7 atom stereocenters. The van der Waals surface area contributed by atoms with Crippen molar-refractivity contribution in [1.29, 1.82) is 0 Å². The summed E-state index contributed by atoms with van der Waals surface area (Å²) in [6.45, 7) is 0. The zero-order valence-electron chi connectivity index (χ0n) is 11.3. The molecule has 0 N–H and O–H groups in total. The first-order valence-corrected chi connectivity index (χ1v) is 8.85. The molecule has 18 heavy (non-hydrogen) atoms. The Morgan fingerprint density at radius 1 is 0.944 bits per heavy atom. The molecule has 4 nitrogen and oxygen atoms in total. The molecule has 102 valence electrons. The lowest BCUT2D eigenvalue weighted by Crippen LogP contribution is -2.51. The minimum Gasteiger partial charge on any atom is -0.377 e. The van der Waals surface area contributed by atoms with E-state index in [2.05, 4.69) is 0 Å². The van der Waals surface area contributed by atoms with Gasteiger partial charge in [-0.25, -0.2) is 0 Å². The number of fused-ring (bicyclic) bond motifs is 7. The predicted molar refractivity (Wildman–Crippen MR) is 67.0 cm³/mol. The van der Waals surface area contributed by atoms with Gasteiger partial charge in [0.05, 0.1) is 12.2 Å². The summed E-state index contributed by atoms with van der Waals surface area (Å²) in [5.74, 6) is 3.27. The summed E-state index contributed by atoms with van der Waals surface area (Å²) in [6.07, 6.45) is 5.05. The minimum atomic E-state index is -2.46. The molecule has 1 aliphatic heterocycles. The second-order valence-corrected chi connectivity index (χ2v) is 9.51. The molecule has 0 spiro atoms. The van der Waals surface area contributed by atoms with Crippen LogP contribution in [0.1, 0.15) is 19.3 Å². The van der Waals surface area contributed by atoms with Gasteiger partial charge in [0.1, 0.15) is 0 Å². The summed E-state index contributed by atoms with van der Waals surface area (Å²) in [5.41, 5.74) is 0.492. The maximum Gasteiger partial charge on any atom is 0.503 e. The highest BCUT2D eigenvalue weighted by atomic mass is 28.4. The molecule has 7 unspecified atom stereocenters. The van der Waals surface area contributed by atoms with Crippen LogP contribution in [0.2, 0.25) is 5.54 Å². The van der Waals surface area contributed by atoms with Gasteiger partial charge in [0.2, 0.25) is 0 Å². The summed E-state index contributed by atoms with van der Waals surface area (Å²) < 4.78 is 22.9. The smallest absolute Gasteiger partial charge is 0.377 e. The SMILES string of the molecule is CO[Si](OC)(OC)C1CC2CC1C1C2CC2OC21. The lowest BCUT2D eigenvalue weighted by Gasteiger charge is -2.39. The van der Waals surface area contributed by atoms with Crippen LogP contribution in [0.3, 0.4) is 0 Å². The summed E-state index contributed by atoms with van der Waals surface area (Å²) in [4.78, 5) is 0. The van der Waals surface area contributed by atoms with Crippen LogP contribution in [0.4, 0.5) is 0 Å². The first-order chi connectivity index (χ1) is 8.74. The third-order valence-electron chi connectivity index (χ3n) is 6.06. The van der Waals surface area contributed by atoms with Crippen molar-refractivity contribution in [3.8, 4) is 0 Å². The van der Waals surface area contributed by atoms with Gasteiger partial charge in [-0.2, -0.15) is 0 Å². The average molecular weight is 270 g/mol. The maximum absolute atomic E-state index is 5.77. The Balaban J connectivity index is 1.61. The molecule has 4 fully saturated rings. The third-order valence-corrected chi connectivity index (χ3v) is 9.34. The van der Waals surface area contributed by atoms with Crippen molar-refractivity contribution in [3.63, 3.8) is 0 Å². The second kappa shape index (κ2) is 3.79. The van der Waals surface area contributed by atoms with E-state index < -0.39 is 8.80 Å². The molecule has 0 radical (unpaired) electrons. The molecule has 5 heteroatoms. The molecule has 3 saturated carbocycles. The maximum atomic E-state index is 5.77. The Bertz CT molecular complexity index is 351. The standard InChI is InChI=1S/C13H22O4Si/c1-14-18(15-2,16-3)11-5-7-4-9(11)12-8(7)6-10-13(12)17-10/h7-13H,4-6H2,1-3H3. The van der Waals surface area contributed by atoms with Crippen molar-refractivity contribution in [2.75, 3.05) is 21.3 Å². The number of hydrogen-bond acceptors (Lipinski definition) is 4. The molecule has 1 saturated heterocycles. The Labute approximate surface area is 109 Å². The molecular formula is C13H22O4Si. The van der Waals surface area contributed by atoms with Crippen molar-refractivity contribution in [2.45, 2.75) is 37.0 Å². The van der Waals surface area contributed by atoms with Gasteiger partial charge in [0.25, 0.3) is 0 Å². The van der Waals surface area contributed by atoms with E-state index in [1.54, 1.807) is 21.3 Å². The zero-order chi connectivity index (χ0) is 12.5. The molecule has 2 bridgehead atoms. The van der Waals surface area contributed by atoms with E-state index >= 15 is 0 Å². The summed E-state index contributed by atoms with van der Waals surface area (Å²) >= 11 is 0. The van der Waals surface area contributed by atoms with Crippen LogP contribution in [0, 0.1) is 23.7 Å². The minimum absolute atomic E-state index is 0.492. The predicted octanol–water partition coefficient (Wildman–Crippen LogP) is 1.68. The van der Waals surface area contributed by atoms with Crippen LogP contribution >= 0.6 is 0 Å². The topological polar surface area (TPSA) is 40.2 Å². The fourth-order valence-corrected chi connectivity index (χ4v) is 8.30. The normalized spacial score (nSPS) is 52.5. The van der Waals surface area contributed by atoms with Gasteiger partial charge in [-0.3, -0.25) is 0 Å². The highest BCUT2D eigenvalue weighted by Gasteiger charge is 2.70. The zero-order valence-corrected chi connectivity index (χ0v) is 12.3. The molecule has 1 heterocycles. The summed E-state index contributed by atoms with van der Waals surface area (Å²) in [6, 6.07) is 0. The average Bonchev–Trinajstić information content (AvgIpc) is 2.80. The van der Waals surface area contributed by atoms with Gasteiger partial charge in [0.15, 0.2) is 0 Å². The van der Waals surface area contributed by atoms with Gasteiger partial charge in [-0.1, -0.05) is 0 Å². The number of ether oxygens (including phenoxy) is 1. The molecule has 0 aromatic heterocycles. The highest BCUT2D eigenvalue weighted by molar-refractivity contribution is 6.62. The van der Waals surface area contributed by atoms with Crippen molar-refractivity contribution < 1.29 is 18.0 Å². The lowest BCUT2D eigenvalue weighted by molar-refractivity contribution is 0.0762. The van der Waals surface area contributed by atoms with Crippen LogP contribution in [-0.2, 0) is 18.0 Å². The van der Waals surface area contributed by atoms with Crippen molar-refractivity contribution >= 4 is 8.80 Å². The van der Waals surface area contributed by atoms with Gasteiger partial charge in [-0.05, 0) is 42.9 Å². The fourth-order valence-electron chi connectivity index (χ4n) is 5.42. The number of epoxide rings is 1. The lowest BCUT2D eigenvalue weighted by atomic mass is 9.80. The van der Waals surface area contributed by atoms with Crippen LogP contribution < -0.4 is 0 Å². The summed E-state index contributed by atoms with van der Waals surface area (Å²) in [5, 5.41) is 0. The van der Waals surface area contributed by atoms with Crippen molar-refractivity contribution in [3.05, 3.63) is 0 Å². The molecule has 4 aliphatic rings. The van der Waals surface area contributed by atoms with Crippen molar-refractivity contribution in [1.82, 2.24) is 0 Å². The molecule has 0 aromatic carbocycles. The van der Waals surface area contributed by atoms with E-state index in [0.717, 1.165) is 17.8 Å². The molecular weight excluding hydrogens is 248 g/mol. The van der Waals surface area contributed by atoms with Crippen LogP contribution in [0.25, 0.3) is 0 Å². The van der Waals surface area contributed by atoms with E-state index in [9.17, 15) is 0 Å². The van der Waals surface area contributed by atoms with E-state index in [0.29, 0.717) is 23.7 Å². The monoisotopic (exact) mass is 270 g/mol. The van der Waals surface area contributed by atoms with Gasteiger partial charge in [-0.15, -0.1) is 0 Å². The summed E-state index contributed by atoms with van der Waals surface area (Å²) in [7, 11) is 2.77. The second-order valence-electron chi connectivity index (χ2n) is 6.33. The number of hydrogen-bond donors (Lipinski definition) is 0. The fraction of sp³-hybridized carbons (Fsp3) is 1.00. The molecule has 0 amide bonds. The van der Waals surface area contributed by atoms with Crippen molar-refractivity contribution in [2.24, 2.45) is 23.7 Å². The molecule has 0 aromatic rings. The molecule has 4 rings (SSSR count). The van der Waals surface area contributed by atoms with E-state index in [4.69, 9.17) is 18.0 Å². The quantitative estimate of drug-likeness (QED) is 0.575. The van der Waals surface area contributed by atoms with Crippen LogP contribution in [0.15, 0.2) is 0 Å². The Morgan fingerprint density at radius 2 is 1.67 bits per heavy atom. The van der Waals surface area contributed by atoms with Gasteiger partial charge >= 0.3 is 8.80 Å². The third kappa shape index (κ3) is 1.29. The van der Waals surface area contributed by atoms with Gasteiger partial charge < -0.3 is 18.0 Å². The van der Waals surface area contributed by atoms with Crippen LogP contribution in [-0.4, -0.2) is 42.3 Å². The Morgan fingerprint density at radius 3 is 2.33 bits per heavy atom. The Kier molecular flexibility index (Phi) is 2.50. The van der Waals surface area contributed by atoms with Gasteiger partial charge in [0, 0.05) is 26.9 Å². The first-order valence-electron chi connectivity index (χ1n) is 7.05. The van der Waals surface area contributed by atoms with E-state index in [1.165, 1.54) is 19.3 Å². The van der Waals surface area contributed by atoms with E-state index in [1.807, 2.05) is 0 Å². The largest absolute Gasteiger partial charge is 0.503 e. The molecule has 3 aliphatic carbocycles. The van der Waals surface area contributed by atoms with Crippen LogP contribution in [0.5, 0.6) is 0 Å². The first kappa shape index (κ1) is 11.8. The number of rotatable bonds is 4. The highest BCUT2D eigenvalue weighted by Crippen LogP contribution is 2.69.